The van der Waals surface area contributed by atoms with Crippen molar-refractivity contribution in [1.82, 2.24) is 9.78 Å². The molecule has 0 amide bonds. The minimum atomic E-state index is -0.536. The molecule has 1 N–H and O–H groups in total. The van der Waals surface area contributed by atoms with E-state index in [4.69, 9.17) is 0 Å². The van der Waals surface area contributed by atoms with Crippen molar-refractivity contribution in [2.24, 2.45) is 0 Å². The molecule has 0 fully saturated rings. The van der Waals surface area contributed by atoms with Gasteiger partial charge in [0.05, 0.1) is 6.20 Å². The molecule has 2 aromatic heterocycles. The Labute approximate surface area is 99.4 Å². The number of thiophene rings is 1. The van der Waals surface area contributed by atoms with Gasteiger partial charge in [-0.25, -0.2) is 0 Å². The van der Waals surface area contributed by atoms with Crippen LogP contribution < -0.4 is 0 Å². The van der Waals surface area contributed by atoms with Gasteiger partial charge in [-0.15, -0.1) is 11.3 Å². The van der Waals surface area contributed by atoms with Crippen molar-refractivity contribution < 1.29 is 5.11 Å². The monoisotopic (exact) mass is 236 g/mol. The molecule has 0 bridgehead atoms. The van der Waals surface area contributed by atoms with Gasteiger partial charge in [-0.05, 0) is 25.5 Å². The number of aromatic nitrogens is 2. The fourth-order valence-corrected chi connectivity index (χ4v) is 2.56. The maximum atomic E-state index is 10.2. The van der Waals surface area contributed by atoms with Gasteiger partial charge in [-0.2, -0.15) is 5.10 Å². The van der Waals surface area contributed by atoms with E-state index in [1.807, 2.05) is 23.9 Å². The van der Waals surface area contributed by atoms with Crippen LogP contribution in [0.5, 0.6) is 0 Å². The molecule has 1 atom stereocenters. The average molecular weight is 236 g/mol. The van der Waals surface area contributed by atoms with Crippen molar-refractivity contribution in [1.29, 1.82) is 0 Å². The van der Waals surface area contributed by atoms with Crippen LogP contribution in [0.3, 0.4) is 0 Å². The Bertz CT molecular complexity index is 419. The van der Waals surface area contributed by atoms with Crippen molar-refractivity contribution in [2.75, 3.05) is 0 Å². The molecule has 4 heteroatoms. The van der Waals surface area contributed by atoms with Crippen LogP contribution in [0.2, 0.25) is 0 Å². The Kier molecular flexibility index (Phi) is 3.41. The maximum absolute atomic E-state index is 10.2. The number of nitrogens with zero attached hydrogens (tertiary/aromatic N) is 2. The van der Waals surface area contributed by atoms with Crippen LogP contribution in [0, 0.1) is 0 Å². The molecule has 2 rings (SSSR count). The summed E-state index contributed by atoms with van der Waals surface area (Å²) in [5.41, 5.74) is 0.867. The Balaban J connectivity index is 2.20. The zero-order valence-electron chi connectivity index (χ0n) is 9.55. The molecule has 0 saturated carbocycles. The summed E-state index contributed by atoms with van der Waals surface area (Å²) in [6.45, 7) is 4.98. The normalized spacial score (nSPS) is 12.9. The van der Waals surface area contributed by atoms with Crippen molar-refractivity contribution in [3.8, 4) is 0 Å². The fourth-order valence-electron chi connectivity index (χ4n) is 1.59. The topological polar surface area (TPSA) is 38.1 Å². The molecule has 0 radical (unpaired) electrons. The summed E-state index contributed by atoms with van der Waals surface area (Å²) >= 11 is 1.67. The summed E-state index contributed by atoms with van der Waals surface area (Å²) in [5.74, 6) is 0. The third kappa shape index (κ3) is 2.18. The summed E-state index contributed by atoms with van der Waals surface area (Å²) in [6.07, 6.45) is 4.12. The van der Waals surface area contributed by atoms with Gasteiger partial charge in [0.15, 0.2) is 0 Å². The lowest BCUT2D eigenvalue weighted by molar-refractivity contribution is 0.224. The first-order valence-electron chi connectivity index (χ1n) is 5.53. The summed E-state index contributed by atoms with van der Waals surface area (Å²) in [6, 6.07) is 4.07. The highest BCUT2D eigenvalue weighted by Gasteiger charge is 2.14. The number of hydrogen-bond acceptors (Lipinski definition) is 3. The molecule has 1 unspecified atom stereocenters. The van der Waals surface area contributed by atoms with Gasteiger partial charge in [-0.3, -0.25) is 4.68 Å². The van der Waals surface area contributed by atoms with E-state index in [-0.39, 0.29) is 0 Å². The molecule has 0 aromatic carbocycles. The third-order valence-corrected chi connectivity index (χ3v) is 3.88. The van der Waals surface area contributed by atoms with Gasteiger partial charge in [0.1, 0.15) is 6.10 Å². The van der Waals surface area contributed by atoms with Crippen molar-refractivity contribution in [3.05, 3.63) is 39.8 Å². The lowest BCUT2D eigenvalue weighted by Gasteiger charge is -2.04. The molecule has 0 aliphatic carbocycles. The quantitative estimate of drug-likeness (QED) is 0.886. The van der Waals surface area contributed by atoms with Crippen LogP contribution >= 0.6 is 11.3 Å². The molecule has 0 spiro atoms. The lowest BCUT2D eigenvalue weighted by Crippen LogP contribution is -1.96. The molecule has 0 aliphatic heterocycles. The summed E-state index contributed by atoms with van der Waals surface area (Å²) in [5, 5.41) is 14.3. The smallest absolute Gasteiger partial charge is 0.116 e. The Morgan fingerprint density at radius 3 is 2.81 bits per heavy atom. The van der Waals surface area contributed by atoms with Crippen molar-refractivity contribution in [2.45, 2.75) is 32.9 Å². The first-order valence-corrected chi connectivity index (χ1v) is 6.35. The van der Waals surface area contributed by atoms with E-state index in [0.29, 0.717) is 0 Å². The van der Waals surface area contributed by atoms with Gasteiger partial charge in [-0.1, -0.05) is 6.92 Å². The van der Waals surface area contributed by atoms with Crippen LogP contribution in [0.25, 0.3) is 0 Å². The van der Waals surface area contributed by atoms with Crippen LogP contribution in [0.15, 0.2) is 24.5 Å². The average Bonchev–Trinajstić information content (AvgIpc) is 2.97. The molecule has 16 heavy (non-hydrogen) atoms. The second-order valence-corrected chi connectivity index (χ2v) is 4.89. The summed E-state index contributed by atoms with van der Waals surface area (Å²) < 4.78 is 1.83. The number of rotatable bonds is 4. The Morgan fingerprint density at radius 2 is 2.25 bits per heavy atom. The first kappa shape index (κ1) is 11.4. The largest absolute Gasteiger partial charge is 0.383 e. The molecule has 3 nitrogen and oxygen atoms in total. The van der Waals surface area contributed by atoms with E-state index in [2.05, 4.69) is 18.1 Å². The molecular formula is C12H16N2OS. The van der Waals surface area contributed by atoms with Crippen molar-refractivity contribution in [3.63, 3.8) is 0 Å². The summed E-state index contributed by atoms with van der Waals surface area (Å²) in [4.78, 5) is 2.30. The lowest BCUT2D eigenvalue weighted by atomic mass is 10.2. The third-order valence-electron chi connectivity index (χ3n) is 2.59. The van der Waals surface area contributed by atoms with E-state index in [1.165, 1.54) is 4.88 Å². The molecule has 0 aliphatic rings. The van der Waals surface area contributed by atoms with Gasteiger partial charge < -0.3 is 5.11 Å². The Hall–Kier alpha value is -1.13. The zero-order chi connectivity index (χ0) is 11.5. The molecular weight excluding hydrogens is 220 g/mol. The van der Waals surface area contributed by atoms with Gasteiger partial charge in [0.25, 0.3) is 0 Å². The second kappa shape index (κ2) is 4.80. The van der Waals surface area contributed by atoms with E-state index in [0.717, 1.165) is 23.4 Å². The minimum absolute atomic E-state index is 0.536. The van der Waals surface area contributed by atoms with E-state index in [1.54, 1.807) is 17.5 Å². The predicted molar refractivity (Wildman–Crippen MR) is 65.7 cm³/mol. The number of aliphatic hydroxyl groups is 1. The van der Waals surface area contributed by atoms with E-state index in [9.17, 15) is 5.11 Å². The second-order valence-electron chi connectivity index (χ2n) is 3.69. The number of hydrogen-bond donors (Lipinski definition) is 1. The van der Waals surface area contributed by atoms with Crippen molar-refractivity contribution >= 4 is 11.3 Å². The van der Waals surface area contributed by atoms with Crippen LogP contribution in [-0.2, 0) is 13.0 Å². The molecule has 86 valence electrons. The molecule has 2 heterocycles. The van der Waals surface area contributed by atoms with Gasteiger partial charge >= 0.3 is 0 Å². The van der Waals surface area contributed by atoms with Gasteiger partial charge in [0.2, 0.25) is 0 Å². The predicted octanol–water partition coefficient (Wildman–Crippen LogP) is 2.61. The highest BCUT2D eigenvalue weighted by molar-refractivity contribution is 7.12. The highest BCUT2D eigenvalue weighted by Crippen LogP contribution is 2.28. The fraction of sp³-hybridized carbons (Fsp3) is 0.417. The Morgan fingerprint density at radius 1 is 1.44 bits per heavy atom. The summed E-state index contributed by atoms with van der Waals surface area (Å²) in [7, 11) is 0. The van der Waals surface area contributed by atoms with Crippen LogP contribution in [0.4, 0.5) is 0 Å². The standard InChI is InChI=1S/C12H16N2OS/c1-3-10-5-6-11(16-10)12(15)9-7-13-14(4-2)8-9/h5-8,12,15H,3-4H2,1-2H3. The SMILES string of the molecule is CCc1ccc(C(O)c2cnn(CC)c2)s1. The number of aryl methyl sites for hydroxylation is 2. The van der Waals surface area contributed by atoms with Crippen LogP contribution in [-0.4, -0.2) is 14.9 Å². The zero-order valence-corrected chi connectivity index (χ0v) is 10.4. The van der Waals surface area contributed by atoms with Gasteiger partial charge in [0, 0.05) is 28.1 Å². The molecule has 0 saturated heterocycles. The van der Waals surface area contributed by atoms with Crippen LogP contribution in [0.1, 0.15) is 35.3 Å². The maximum Gasteiger partial charge on any atom is 0.116 e. The highest BCUT2D eigenvalue weighted by atomic mass is 32.1. The molecule has 2 aromatic rings. The minimum Gasteiger partial charge on any atom is -0.383 e. The van der Waals surface area contributed by atoms with E-state index < -0.39 is 6.10 Å². The van der Waals surface area contributed by atoms with E-state index >= 15 is 0 Å². The first-order chi connectivity index (χ1) is 7.74. The number of aliphatic hydroxyl groups excluding tert-OH is 1.